The monoisotopic (exact) mass is 424 g/mol. The highest BCUT2D eigenvalue weighted by Gasteiger charge is 2.25. The molecule has 0 heterocycles. The van der Waals surface area contributed by atoms with E-state index in [-0.39, 0.29) is 29.9 Å². The number of sulfonamides is 1. The van der Waals surface area contributed by atoms with Crippen LogP contribution in [-0.2, 0) is 14.8 Å². The molecule has 134 valence electrons. The van der Waals surface area contributed by atoms with Crippen LogP contribution in [0.5, 0.6) is 0 Å². The lowest BCUT2D eigenvalue weighted by molar-refractivity contribution is -0.121. The first-order chi connectivity index (χ1) is 11.8. The van der Waals surface area contributed by atoms with Gasteiger partial charge in [0.1, 0.15) is 0 Å². The molecule has 0 unspecified atom stereocenters. The van der Waals surface area contributed by atoms with Crippen molar-refractivity contribution in [3.05, 3.63) is 64.6 Å². The van der Waals surface area contributed by atoms with Crippen molar-refractivity contribution in [2.75, 3.05) is 13.1 Å². The maximum Gasteiger partial charge on any atom is 0.243 e. The zero-order chi connectivity index (χ0) is 18.4. The lowest BCUT2D eigenvalue weighted by Crippen LogP contribution is -2.41. The third-order valence-corrected chi connectivity index (χ3v) is 6.21. The van der Waals surface area contributed by atoms with E-state index in [2.05, 4.69) is 21.2 Å². The number of hydrogen-bond acceptors (Lipinski definition) is 3. The molecule has 0 aliphatic heterocycles. The van der Waals surface area contributed by atoms with Crippen LogP contribution in [-0.4, -0.2) is 31.7 Å². The zero-order valence-corrected chi connectivity index (χ0v) is 16.5. The molecule has 1 amide bonds. The molecule has 0 saturated heterocycles. The summed E-state index contributed by atoms with van der Waals surface area (Å²) in [5.41, 5.74) is 0.941. The molecule has 5 nitrogen and oxygen atoms in total. The largest absolute Gasteiger partial charge is 0.348 e. The molecule has 2 aromatic carbocycles. The minimum atomic E-state index is -3.69. The van der Waals surface area contributed by atoms with Gasteiger partial charge in [0.2, 0.25) is 15.9 Å². The van der Waals surface area contributed by atoms with E-state index >= 15 is 0 Å². The fraction of sp³-hybridized carbons (Fsp3) is 0.278. The zero-order valence-electron chi connectivity index (χ0n) is 14.1. The minimum Gasteiger partial charge on any atom is -0.348 e. The van der Waals surface area contributed by atoms with E-state index in [1.807, 2.05) is 31.2 Å². The van der Waals surface area contributed by atoms with Crippen molar-refractivity contribution >= 4 is 31.9 Å². The van der Waals surface area contributed by atoms with Gasteiger partial charge in [0.05, 0.1) is 17.5 Å². The van der Waals surface area contributed by atoms with Gasteiger partial charge in [0.15, 0.2) is 0 Å². The molecule has 25 heavy (non-hydrogen) atoms. The second-order valence-corrected chi connectivity index (χ2v) is 8.44. The van der Waals surface area contributed by atoms with Gasteiger partial charge in [-0.1, -0.05) is 53.2 Å². The predicted molar refractivity (Wildman–Crippen MR) is 102 cm³/mol. The van der Waals surface area contributed by atoms with Crippen LogP contribution in [0.4, 0.5) is 0 Å². The summed E-state index contributed by atoms with van der Waals surface area (Å²) in [5, 5.41) is 2.85. The first-order valence-corrected chi connectivity index (χ1v) is 10.2. The van der Waals surface area contributed by atoms with E-state index in [0.717, 1.165) is 10.0 Å². The molecular weight excluding hydrogens is 404 g/mol. The first kappa shape index (κ1) is 19.6. The Morgan fingerprint density at radius 3 is 2.44 bits per heavy atom. The lowest BCUT2D eigenvalue weighted by Gasteiger charge is -2.22. The van der Waals surface area contributed by atoms with Crippen LogP contribution in [0.2, 0.25) is 0 Å². The first-order valence-electron chi connectivity index (χ1n) is 7.94. The van der Waals surface area contributed by atoms with Crippen LogP contribution >= 0.6 is 15.9 Å². The van der Waals surface area contributed by atoms with E-state index in [9.17, 15) is 13.2 Å². The number of carbonyl (C=O) groups excluding carboxylic acids is 1. The van der Waals surface area contributed by atoms with Crippen molar-refractivity contribution < 1.29 is 13.2 Å². The maximum absolute atomic E-state index is 12.6. The van der Waals surface area contributed by atoms with E-state index in [1.165, 1.54) is 16.4 Å². The second-order valence-electron chi connectivity index (χ2n) is 5.59. The number of amides is 1. The predicted octanol–water partition coefficient (Wildman–Crippen LogP) is 3.34. The number of rotatable bonds is 7. The molecule has 2 rings (SSSR count). The average molecular weight is 425 g/mol. The normalized spacial score (nSPS) is 12.8. The Bertz CT molecular complexity index is 825. The summed E-state index contributed by atoms with van der Waals surface area (Å²) in [5.74, 6) is -0.339. The Balaban J connectivity index is 2.07. The van der Waals surface area contributed by atoms with Crippen LogP contribution in [0.15, 0.2) is 64.0 Å². The Hall–Kier alpha value is -1.70. The number of nitrogens with zero attached hydrogens (tertiary/aromatic N) is 1. The van der Waals surface area contributed by atoms with E-state index in [4.69, 9.17) is 0 Å². The van der Waals surface area contributed by atoms with Gasteiger partial charge in [-0.05, 0) is 36.8 Å². The summed E-state index contributed by atoms with van der Waals surface area (Å²) in [6.45, 7) is 3.58. The topological polar surface area (TPSA) is 66.5 Å². The number of benzene rings is 2. The van der Waals surface area contributed by atoms with Gasteiger partial charge in [-0.25, -0.2) is 8.42 Å². The Labute approximate surface area is 157 Å². The van der Waals surface area contributed by atoms with Crippen LogP contribution < -0.4 is 5.32 Å². The number of nitrogens with one attached hydrogen (secondary N) is 1. The molecule has 1 atom stereocenters. The van der Waals surface area contributed by atoms with Crippen LogP contribution in [0.25, 0.3) is 0 Å². The molecule has 0 aliphatic carbocycles. The third kappa shape index (κ3) is 5.14. The highest BCUT2D eigenvalue weighted by Crippen LogP contribution is 2.18. The average Bonchev–Trinajstić information content (AvgIpc) is 2.60. The number of likely N-dealkylation sites (N-methyl/N-ethyl adjacent to an activating group) is 1. The highest BCUT2D eigenvalue weighted by molar-refractivity contribution is 9.10. The Morgan fingerprint density at radius 2 is 1.84 bits per heavy atom. The van der Waals surface area contributed by atoms with Gasteiger partial charge < -0.3 is 5.32 Å². The quantitative estimate of drug-likeness (QED) is 0.740. The van der Waals surface area contributed by atoms with Crippen molar-refractivity contribution in [3.63, 3.8) is 0 Å². The minimum absolute atomic E-state index is 0.185. The van der Waals surface area contributed by atoms with Gasteiger partial charge in [0.25, 0.3) is 0 Å². The molecule has 0 fully saturated rings. The van der Waals surface area contributed by atoms with Crippen molar-refractivity contribution in [1.29, 1.82) is 0 Å². The molecule has 1 N–H and O–H groups in total. The van der Waals surface area contributed by atoms with E-state index in [1.54, 1.807) is 25.1 Å². The van der Waals surface area contributed by atoms with E-state index < -0.39 is 10.0 Å². The molecule has 0 saturated carbocycles. The molecule has 0 radical (unpaired) electrons. The van der Waals surface area contributed by atoms with Gasteiger partial charge >= 0.3 is 0 Å². The van der Waals surface area contributed by atoms with Gasteiger partial charge in [-0.15, -0.1) is 0 Å². The van der Waals surface area contributed by atoms with Crippen LogP contribution in [0, 0.1) is 0 Å². The fourth-order valence-electron chi connectivity index (χ4n) is 2.41. The maximum atomic E-state index is 12.6. The molecule has 2 aromatic rings. The standard InChI is InChI=1S/C18H21BrN2O3S/c1-3-21(25(23,24)17-10-5-4-6-11-17)13-18(22)20-14(2)15-8-7-9-16(19)12-15/h4-12,14H,3,13H2,1-2H3,(H,20,22)/t14-/m0/s1. The third-order valence-electron chi connectivity index (χ3n) is 3.78. The number of carbonyl (C=O) groups is 1. The molecule has 0 bridgehead atoms. The summed E-state index contributed by atoms with van der Waals surface area (Å²) in [6.07, 6.45) is 0. The second kappa shape index (κ2) is 8.60. The molecule has 0 spiro atoms. The summed E-state index contributed by atoms with van der Waals surface area (Å²) < 4.78 is 27.4. The van der Waals surface area contributed by atoms with Crippen molar-refractivity contribution in [3.8, 4) is 0 Å². The van der Waals surface area contributed by atoms with Crippen molar-refractivity contribution in [1.82, 2.24) is 9.62 Å². The van der Waals surface area contributed by atoms with Crippen molar-refractivity contribution in [2.24, 2.45) is 0 Å². The van der Waals surface area contributed by atoms with Crippen LogP contribution in [0.1, 0.15) is 25.5 Å². The number of hydrogen-bond donors (Lipinski definition) is 1. The molecule has 0 aromatic heterocycles. The van der Waals surface area contributed by atoms with Gasteiger partial charge in [-0.2, -0.15) is 4.31 Å². The molecule has 0 aliphatic rings. The molecular formula is C18H21BrN2O3S. The Kier molecular flexibility index (Phi) is 6.75. The van der Waals surface area contributed by atoms with Gasteiger partial charge in [-0.3, -0.25) is 4.79 Å². The highest BCUT2D eigenvalue weighted by atomic mass is 79.9. The fourth-order valence-corrected chi connectivity index (χ4v) is 4.26. The lowest BCUT2D eigenvalue weighted by atomic mass is 10.1. The number of halogens is 1. The summed E-state index contributed by atoms with van der Waals surface area (Å²) in [7, 11) is -3.69. The molecule has 7 heteroatoms. The summed E-state index contributed by atoms with van der Waals surface area (Å²) in [4.78, 5) is 12.5. The summed E-state index contributed by atoms with van der Waals surface area (Å²) >= 11 is 3.40. The van der Waals surface area contributed by atoms with Crippen LogP contribution in [0.3, 0.4) is 0 Å². The van der Waals surface area contributed by atoms with E-state index in [0.29, 0.717) is 0 Å². The summed E-state index contributed by atoms with van der Waals surface area (Å²) in [6, 6.07) is 15.5. The smallest absolute Gasteiger partial charge is 0.243 e. The van der Waals surface area contributed by atoms with Gasteiger partial charge in [0, 0.05) is 11.0 Å². The SMILES string of the molecule is CCN(CC(=O)N[C@@H](C)c1cccc(Br)c1)S(=O)(=O)c1ccccc1. The Morgan fingerprint density at radius 1 is 1.16 bits per heavy atom. The van der Waals surface area contributed by atoms with Crippen molar-refractivity contribution in [2.45, 2.75) is 24.8 Å².